The van der Waals surface area contributed by atoms with Crippen molar-refractivity contribution >= 4 is 23.9 Å². The monoisotopic (exact) mass is 1180 g/mol. The van der Waals surface area contributed by atoms with Gasteiger partial charge in [0.05, 0.1) is 13.2 Å². The van der Waals surface area contributed by atoms with E-state index < -0.39 is 21.7 Å². The topological polar surface area (TPSA) is 105 Å². The van der Waals surface area contributed by atoms with E-state index in [9.17, 15) is 19.2 Å². The van der Waals surface area contributed by atoms with E-state index in [0.717, 1.165) is 6.42 Å². The van der Waals surface area contributed by atoms with E-state index in [4.69, 9.17) is 18.9 Å². The molecule has 0 saturated heterocycles. The second-order valence-electron chi connectivity index (χ2n) is 24.2. The predicted molar refractivity (Wildman–Crippen MR) is 354 cm³/mol. The number of rotatable bonds is 20. The van der Waals surface area contributed by atoms with Crippen LogP contribution in [0.5, 0.6) is 11.5 Å². The number of ether oxygens (including phenoxy) is 4. The van der Waals surface area contributed by atoms with Crippen molar-refractivity contribution in [1.82, 2.24) is 0 Å². The van der Waals surface area contributed by atoms with Crippen LogP contribution in [0.3, 0.4) is 0 Å². The minimum atomic E-state index is -0.545. The van der Waals surface area contributed by atoms with E-state index in [1.165, 1.54) is 89.0 Å². The SMILES string of the molecule is CCOC(=O)CCC1(CC2(CCC(=O)OCC)c3ccccc3-c3ccccc32)c2ccccc2-c2ccccc21.O=C(CCC1(CC2(CCC(=O)Oc3ccccc3)c3ccccc3-c3ccccc32)c2ccccc2-c2ccccc21)Oc1ccccc1. The van der Waals surface area contributed by atoms with Crippen LogP contribution in [0.1, 0.15) is 123 Å². The number of carbonyl (C=O) groups is 4. The molecule has 0 fully saturated rings. The van der Waals surface area contributed by atoms with Gasteiger partial charge in [-0.2, -0.15) is 0 Å². The number of carbonyl (C=O) groups excluding carboxylic acids is 4. The number of esters is 4. The Morgan fingerprint density at radius 1 is 0.256 bits per heavy atom. The van der Waals surface area contributed by atoms with Gasteiger partial charge in [-0.15, -0.1) is 0 Å². The van der Waals surface area contributed by atoms with E-state index in [0.29, 0.717) is 69.7 Å². The van der Waals surface area contributed by atoms with Crippen molar-refractivity contribution in [3.63, 3.8) is 0 Å². The maximum Gasteiger partial charge on any atom is 0.311 e. The summed E-state index contributed by atoms with van der Waals surface area (Å²) >= 11 is 0. The van der Waals surface area contributed by atoms with Crippen LogP contribution in [-0.2, 0) is 50.3 Å². The highest BCUT2D eigenvalue weighted by molar-refractivity contribution is 5.88. The third kappa shape index (κ3) is 10.7. The van der Waals surface area contributed by atoms with E-state index in [-0.39, 0.29) is 36.7 Å². The van der Waals surface area contributed by atoms with Gasteiger partial charge in [0.1, 0.15) is 11.5 Å². The average molecular weight is 1190 g/mol. The van der Waals surface area contributed by atoms with Crippen LogP contribution < -0.4 is 9.47 Å². The Morgan fingerprint density at radius 2 is 0.444 bits per heavy atom. The molecule has 0 unspecified atom stereocenters. The fraction of sp³-hybridized carbons (Fsp3) is 0.220. The smallest absolute Gasteiger partial charge is 0.311 e. The van der Waals surface area contributed by atoms with E-state index in [1.807, 2.05) is 74.5 Å². The molecule has 0 spiro atoms. The molecule has 0 atom stereocenters. The van der Waals surface area contributed by atoms with Crippen molar-refractivity contribution in [2.24, 2.45) is 0 Å². The maximum atomic E-state index is 13.6. The first-order chi connectivity index (χ1) is 44.1. The third-order valence-corrected chi connectivity index (χ3v) is 19.5. The normalized spacial score (nSPS) is 14.5. The summed E-state index contributed by atoms with van der Waals surface area (Å²) in [6.07, 6.45) is 4.80. The van der Waals surface area contributed by atoms with Crippen LogP contribution >= 0.6 is 0 Å². The van der Waals surface area contributed by atoms with Gasteiger partial charge in [-0.25, -0.2) is 0 Å². The molecular formula is C82H72O8. The van der Waals surface area contributed by atoms with Gasteiger partial charge in [0.25, 0.3) is 0 Å². The largest absolute Gasteiger partial charge is 0.466 e. The third-order valence-electron chi connectivity index (χ3n) is 19.5. The lowest BCUT2D eigenvalue weighted by Crippen LogP contribution is -2.39. The Kier molecular flexibility index (Phi) is 16.6. The summed E-state index contributed by atoms with van der Waals surface area (Å²) in [6.45, 7) is 4.43. The molecule has 10 aromatic rings. The molecule has 0 N–H and O–H groups in total. The molecule has 4 aliphatic carbocycles. The summed E-state index contributed by atoms with van der Waals surface area (Å²) in [5.41, 5.74) is 17.4. The van der Waals surface area contributed by atoms with Crippen LogP contribution in [-0.4, -0.2) is 37.1 Å². The molecule has 8 nitrogen and oxygen atoms in total. The fourth-order valence-corrected chi connectivity index (χ4v) is 16.0. The first kappa shape index (κ1) is 59.1. The predicted octanol–water partition coefficient (Wildman–Crippen LogP) is 18.1. The molecule has 0 aromatic heterocycles. The number of hydrogen-bond donors (Lipinski definition) is 0. The molecule has 0 aliphatic heterocycles. The average Bonchev–Trinajstić information content (AvgIpc) is 1.54. The Hall–Kier alpha value is -9.92. The van der Waals surface area contributed by atoms with Crippen molar-refractivity contribution in [2.75, 3.05) is 13.2 Å². The second-order valence-corrected chi connectivity index (χ2v) is 24.2. The van der Waals surface area contributed by atoms with Gasteiger partial charge in [0.2, 0.25) is 0 Å². The molecule has 0 bridgehead atoms. The highest BCUT2D eigenvalue weighted by Gasteiger charge is 2.55. The molecule has 4 aliphatic rings. The van der Waals surface area contributed by atoms with Gasteiger partial charge in [0.15, 0.2) is 0 Å². The van der Waals surface area contributed by atoms with Gasteiger partial charge in [-0.1, -0.05) is 231 Å². The Bertz CT molecular complexity index is 3840. The van der Waals surface area contributed by atoms with Crippen LogP contribution in [0.2, 0.25) is 0 Å². The Balaban J connectivity index is 0.000000168. The van der Waals surface area contributed by atoms with Crippen molar-refractivity contribution in [1.29, 1.82) is 0 Å². The lowest BCUT2D eigenvalue weighted by atomic mass is 9.59. The highest BCUT2D eigenvalue weighted by atomic mass is 16.5. The van der Waals surface area contributed by atoms with E-state index >= 15 is 0 Å². The van der Waals surface area contributed by atoms with Gasteiger partial charge < -0.3 is 18.9 Å². The molecule has 0 heterocycles. The zero-order chi connectivity index (χ0) is 61.7. The number of hydrogen-bond acceptors (Lipinski definition) is 8. The van der Waals surface area contributed by atoms with Crippen LogP contribution in [0.4, 0.5) is 0 Å². The molecule has 10 aromatic carbocycles. The summed E-state index contributed by atoms with van der Waals surface area (Å²) < 4.78 is 22.5. The number of fused-ring (bicyclic) bond motifs is 12. The maximum absolute atomic E-state index is 13.6. The van der Waals surface area contributed by atoms with Gasteiger partial charge in [0, 0.05) is 47.3 Å². The summed E-state index contributed by atoms with van der Waals surface area (Å²) in [6, 6.07) is 87.4. The summed E-state index contributed by atoms with van der Waals surface area (Å²) in [5, 5.41) is 0. The van der Waals surface area contributed by atoms with Crippen molar-refractivity contribution in [2.45, 2.75) is 99.7 Å². The summed E-state index contributed by atoms with van der Waals surface area (Å²) in [5.74, 6) is 0.199. The lowest BCUT2D eigenvalue weighted by Gasteiger charge is -2.42. The first-order valence-corrected chi connectivity index (χ1v) is 31.7. The zero-order valence-electron chi connectivity index (χ0n) is 51.0. The zero-order valence-corrected chi connectivity index (χ0v) is 51.0. The molecule has 90 heavy (non-hydrogen) atoms. The van der Waals surface area contributed by atoms with Crippen molar-refractivity contribution < 1.29 is 38.1 Å². The van der Waals surface area contributed by atoms with Crippen molar-refractivity contribution in [3.8, 4) is 56.0 Å². The molecule has 448 valence electrons. The molecule has 14 rings (SSSR count). The van der Waals surface area contributed by atoms with Crippen molar-refractivity contribution in [3.05, 3.63) is 299 Å². The van der Waals surface area contributed by atoms with E-state index in [2.05, 4.69) is 194 Å². The minimum Gasteiger partial charge on any atom is -0.466 e. The molecule has 0 radical (unpaired) electrons. The van der Waals surface area contributed by atoms with Crippen LogP contribution in [0.25, 0.3) is 44.5 Å². The minimum absolute atomic E-state index is 0.179. The van der Waals surface area contributed by atoms with Gasteiger partial charge >= 0.3 is 23.9 Å². The standard InChI is InChI=1S/C45H36O4.C37H36O4/c46-42(48-32-15-3-1-4-16-32)27-29-44(38-23-11-7-19-34(38)35-20-8-12-24-39(35)44)31-45(30-28-43(47)49-33-17-5-2-6-18-33)40-25-13-9-21-36(40)37-22-10-14-26-41(37)45;1-3-40-34(38)21-23-36(30-17-9-5-13-26(30)27-14-6-10-18-31(27)36)25-37(24-22-35(39)41-4-2)32-19-11-7-15-28(32)29-16-8-12-20-33(29)37/h1-26H,27-31H2;5-20H,3-4,21-25H2,1-2H3. The molecular weight excluding hydrogens is 1110 g/mol. The molecule has 0 saturated carbocycles. The number of para-hydroxylation sites is 2. The summed E-state index contributed by atoms with van der Waals surface area (Å²) in [4.78, 5) is 52.9. The fourth-order valence-electron chi connectivity index (χ4n) is 16.0. The van der Waals surface area contributed by atoms with Crippen LogP contribution in [0, 0.1) is 0 Å². The van der Waals surface area contributed by atoms with Gasteiger partial charge in [-0.3, -0.25) is 19.2 Å². The van der Waals surface area contributed by atoms with Gasteiger partial charge in [-0.05, 0) is 166 Å². The Labute approximate surface area is 527 Å². The lowest BCUT2D eigenvalue weighted by molar-refractivity contribution is -0.144. The number of benzene rings is 10. The van der Waals surface area contributed by atoms with E-state index in [1.54, 1.807) is 0 Å². The summed E-state index contributed by atoms with van der Waals surface area (Å²) in [7, 11) is 0. The second kappa shape index (κ2) is 25.3. The highest BCUT2D eigenvalue weighted by Crippen LogP contribution is 2.64. The molecule has 8 heteroatoms. The van der Waals surface area contributed by atoms with Crippen LogP contribution in [0.15, 0.2) is 255 Å². The quantitative estimate of drug-likeness (QED) is 0.0549. The molecule has 0 amide bonds. The first-order valence-electron chi connectivity index (χ1n) is 31.7. The Morgan fingerprint density at radius 3 is 0.656 bits per heavy atom.